The lowest BCUT2D eigenvalue weighted by atomic mass is 9.77. The van der Waals surface area contributed by atoms with E-state index in [1.807, 2.05) is 12.1 Å². The third-order valence-corrected chi connectivity index (χ3v) is 4.66. The highest BCUT2D eigenvalue weighted by atomic mass is 35.5. The van der Waals surface area contributed by atoms with Crippen molar-refractivity contribution < 1.29 is 4.74 Å². The lowest BCUT2D eigenvalue weighted by molar-refractivity contribution is 0.207. The Hall–Kier alpha value is -0.730. The summed E-state index contributed by atoms with van der Waals surface area (Å²) >= 11 is 6.24. The molecule has 2 rings (SSSR count). The van der Waals surface area contributed by atoms with Gasteiger partial charge in [-0.05, 0) is 36.5 Å². The molecule has 0 spiro atoms. The van der Waals surface area contributed by atoms with Crippen LogP contribution < -0.4 is 10.1 Å². The van der Waals surface area contributed by atoms with Crippen LogP contribution in [0.1, 0.15) is 38.2 Å². The summed E-state index contributed by atoms with van der Waals surface area (Å²) in [5.41, 5.74) is 1.37. The molecule has 2 unspecified atom stereocenters. The van der Waals surface area contributed by atoms with Gasteiger partial charge in [0.15, 0.2) is 0 Å². The van der Waals surface area contributed by atoms with Gasteiger partial charge < -0.3 is 10.1 Å². The fourth-order valence-corrected chi connectivity index (χ4v) is 3.40. The van der Waals surface area contributed by atoms with Gasteiger partial charge in [0.05, 0.1) is 7.11 Å². The van der Waals surface area contributed by atoms with Crippen molar-refractivity contribution in [1.82, 2.24) is 5.32 Å². The highest BCUT2D eigenvalue weighted by Crippen LogP contribution is 2.33. The predicted molar refractivity (Wildman–Crippen MR) is 80.9 cm³/mol. The molecule has 0 saturated heterocycles. The summed E-state index contributed by atoms with van der Waals surface area (Å²) in [5.74, 6) is 2.38. The highest BCUT2D eigenvalue weighted by molar-refractivity contribution is 6.18. The second kappa shape index (κ2) is 6.62. The summed E-state index contributed by atoms with van der Waals surface area (Å²) in [5, 5.41) is 3.70. The summed E-state index contributed by atoms with van der Waals surface area (Å²) < 4.78 is 5.26. The lowest BCUT2D eigenvalue weighted by Gasteiger charge is -2.39. The normalized spacial score (nSPS) is 27.2. The number of ether oxygens (including phenoxy) is 1. The molecule has 0 aromatic heterocycles. The number of nitrogens with one attached hydrogen (secondary N) is 1. The zero-order valence-electron chi connectivity index (χ0n) is 11.9. The molecule has 19 heavy (non-hydrogen) atoms. The minimum absolute atomic E-state index is 0.113. The Morgan fingerprint density at radius 3 is 3.00 bits per heavy atom. The van der Waals surface area contributed by atoms with Gasteiger partial charge in [0.25, 0.3) is 0 Å². The van der Waals surface area contributed by atoms with Crippen molar-refractivity contribution in [3.63, 3.8) is 0 Å². The molecular formula is C16H24ClNO. The average Bonchev–Trinajstić information content (AvgIpc) is 2.45. The second-order valence-electron chi connectivity index (χ2n) is 5.82. The summed E-state index contributed by atoms with van der Waals surface area (Å²) in [6, 6.07) is 8.22. The molecule has 1 N–H and O–H groups in total. The van der Waals surface area contributed by atoms with E-state index >= 15 is 0 Å². The first-order chi connectivity index (χ1) is 9.17. The van der Waals surface area contributed by atoms with Gasteiger partial charge in [0, 0.05) is 18.0 Å². The quantitative estimate of drug-likeness (QED) is 0.825. The maximum Gasteiger partial charge on any atom is 0.119 e. The predicted octanol–water partition coefficient (Wildman–Crippen LogP) is 3.97. The Morgan fingerprint density at radius 1 is 1.47 bits per heavy atom. The van der Waals surface area contributed by atoms with Gasteiger partial charge in [-0.1, -0.05) is 31.9 Å². The van der Waals surface area contributed by atoms with E-state index in [0.29, 0.717) is 5.88 Å². The van der Waals surface area contributed by atoms with Crippen LogP contribution in [0.4, 0.5) is 0 Å². The van der Waals surface area contributed by atoms with Gasteiger partial charge in [-0.3, -0.25) is 0 Å². The largest absolute Gasteiger partial charge is 0.497 e. The summed E-state index contributed by atoms with van der Waals surface area (Å²) in [6.07, 6.45) is 4.98. The number of rotatable bonds is 5. The van der Waals surface area contributed by atoms with Crippen LogP contribution in [0.3, 0.4) is 0 Å². The van der Waals surface area contributed by atoms with Crippen LogP contribution in [-0.4, -0.2) is 18.5 Å². The van der Waals surface area contributed by atoms with Crippen LogP contribution >= 0.6 is 11.6 Å². The molecule has 3 heteroatoms. The summed E-state index contributed by atoms with van der Waals surface area (Å²) in [6.45, 7) is 3.18. The first-order valence-electron chi connectivity index (χ1n) is 7.11. The molecule has 0 amide bonds. The van der Waals surface area contributed by atoms with Crippen LogP contribution in [0.2, 0.25) is 0 Å². The van der Waals surface area contributed by atoms with Crippen LogP contribution in [0.15, 0.2) is 24.3 Å². The summed E-state index contributed by atoms with van der Waals surface area (Å²) in [7, 11) is 1.70. The molecule has 1 aromatic rings. The van der Waals surface area contributed by atoms with E-state index in [0.717, 1.165) is 18.2 Å². The van der Waals surface area contributed by atoms with Crippen molar-refractivity contribution >= 4 is 11.6 Å². The van der Waals surface area contributed by atoms with Crippen LogP contribution in [0, 0.1) is 5.92 Å². The highest BCUT2D eigenvalue weighted by Gasteiger charge is 2.33. The molecule has 1 aliphatic carbocycles. The van der Waals surface area contributed by atoms with E-state index in [2.05, 4.69) is 24.4 Å². The van der Waals surface area contributed by atoms with Gasteiger partial charge in [0.1, 0.15) is 5.75 Å². The van der Waals surface area contributed by atoms with Gasteiger partial charge >= 0.3 is 0 Å². The van der Waals surface area contributed by atoms with E-state index < -0.39 is 0 Å². The minimum atomic E-state index is 0.113. The Bertz CT molecular complexity index is 409. The lowest BCUT2D eigenvalue weighted by Crippen LogP contribution is -2.49. The van der Waals surface area contributed by atoms with E-state index in [1.54, 1.807) is 7.11 Å². The molecule has 0 aliphatic heterocycles. The monoisotopic (exact) mass is 281 g/mol. The van der Waals surface area contributed by atoms with E-state index in [-0.39, 0.29) is 5.54 Å². The molecule has 0 heterocycles. The van der Waals surface area contributed by atoms with E-state index in [1.165, 1.54) is 31.2 Å². The van der Waals surface area contributed by atoms with Crippen molar-refractivity contribution in [1.29, 1.82) is 0 Å². The summed E-state index contributed by atoms with van der Waals surface area (Å²) in [4.78, 5) is 0. The molecular weight excluding hydrogens is 258 g/mol. The van der Waals surface area contributed by atoms with E-state index in [9.17, 15) is 0 Å². The zero-order valence-corrected chi connectivity index (χ0v) is 12.7. The van der Waals surface area contributed by atoms with Crippen molar-refractivity contribution in [2.75, 3.05) is 13.0 Å². The fourth-order valence-electron chi connectivity index (χ4n) is 3.06. The Kier molecular flexibility index (Phi) is 5.12. The number of methoxy groups -OCH3 is 1. The zero-order chi connectivity index (χ0) is 13.7. The Labute approximate surface area is 121 Å². The van der Waals surface area contributed by atoms with Crippen LogP contribution in [-0.2, 0) is 6.54 Å². The van der Waals surface area contributed by atoms with Crippen LogP contribution in [0.5, 0.6) is 5.75 Å². The third kappa shape index (κ3) is 3.87. The average molecular weight is 282 g/mol. The molecule has 2 atom stereocenters. The molecule has 106 valence electrons. The fraction of sp³-hybridized carbons (Fsp3) is 0.625. The van der Waals surface area contributed by atoms with Crippen molar-refractivity contribution in [3.8, 4) is 5.75 Å². The molecule has 2 nitrogen and oxygen atoms in total. The first kappa shape index (κ1) is 14.7. The first-order valence-corrected chi connectivity index (χ1v) is 7.65. The number of alkyl halides is 1. The Morgan fingerprint density at radius 2 is 2.32 bits per heavy atom. The molecule has 1 aliphatic rings. The van der Waals surface area contributed by atoms with E-state index in [4.69, 9.17) is 16.3 Å². The third-order valence-electron chi connectivity index (χ3n) is 4.15. The molecule has 0 radical (unpaired) electrons. The van der Waals surface area contributed by atoms with Gasteiger partial charge in [0.2, 0.25) is 0 Å². The maximum atomic E-state index is 6.24. The number of benzene rings is 1. The standard InChI is InChI=1S/C16H24ClNO/c1-13-5-4-8-16(10-13,12-17)18-11-14-6-3-7-15(9-14)19-2/h3,6-7,9,13,18H,4-5,8,10-12H2,1-2H3. The maximum absolute atomic E-state index is 6.24. The number of hydrogen-bond acceptors (Lipinski definition) is 2. The SMILES string of the molecule is COc1cccc(CNC2(CCl)CCCC(C)C2)c1. The molecule has 0 bridgehead atoms. The molecule has 1 aromatic carbocycles. The van der Waals surface area contributed by atoms with Crippen molar-refractivity contribution in [3.05, 3.63) is 29.8 Å². The topological polar surface area (TPSA) is 21.3 Å². The van der Waals surface area contributed by atoms with Crippen molar-refractivity contribution in [2.24, 2.45) is 5.92 Å². The minimum Gasteiger partial charge on any atom is -0.497 e. The molecule has 1 fully saturated rings. The van der Waals surface area contributed by atoms with Gasteiger partial charge in [-0.25, -0.2) is 0 Å². The van der Waals surface area contributed by atoms with Crippen molar-refractivity contribution in [2.45, 2.75) is 44.7 Å². The van der Waals surface area contributed by atoms with Gasteiger partial charge in [-0.15, -0.1) is 11.6 Å². The molecule has 1 saturated carbocycles. The number of halogens is 1. The van der Waals surface area contributed by atoms with Crippen LogP contribution in [0.25, 0.3) is 0 Å². The van der Waals surface area contributed by atoms with Gasteiger partial charge in [-0.2, -0.15) is 0 Å². The smallest absolute Gasteiger partial charge is 0.119 e. The Balaban J connectivity index is 1.98. The number of hydrogen-bond donors (Lipinski definition) is 1. The second-order valence-corrected chi connectivity index (χ2v) is 6.09.